The van der Waals surface area contributed by atoms with E-state index in [1.54, 1.807) is 0 Å². The number of rotatable bonds is 4. The van der Waals surface area contributed by atoms with Gasteiger partial charge in [0.2, 0.25) is 0 Å². The fourth-order valence-electron chi connectivity index (χ4n) is 1.47. The van der Waals surface area contributed by atoms with Gasteiger partial charge in [-0.1, -0.05) is 34.6 Å². The van der Waals surface area contributed by atoms with Gasteiger partial charge in [0.1, 0.15) is 0 Å². The molecule has 0 aliphatic carbocycles. The Bertz CT molecular complexity index is 115. The summed E-state index contributed by atoms with van der Waals surface area (Å²) in [6.45, 7) is 11.5. The topological polar surface area (TPSA) is 9.23 Å². The molecule has 0 saturated heterocycles. The quantitative estimate of drug-likeness (QED) is 0.616. The van der Waals surface area contributed by atoms with E-state index in [2.05, 4.69) is 34.6 Å². The molecule has 1 unspecified atom stereocenters. The molecule has 1 atom stereocenters. The van der Waals surface area contributed by atoms with Gasteiger partial charge in [0.25, 0.3) is 0 Å². The van der Waals surface area contributed by atoms with Crippen LogP contribution in [0.1, 0.15) is 34.6 Å². The minimum atomic E-state index is -0.896. The van der Waals surface area contributed by atoms with E-state index in [4.69, 9.17) is 4.43 Å². The Labute approximate surface area is 79.2 Å². The van der Waals surface area contributed by atoms with Crippen molar-refractivity contribution in [1.82, 2.24) is 0 Å². The smallest absolute Gasteiger partial charge is 0.177 e. The van der Waals surface area contributed by atoms with Crippen molar-refractivity contribution in [3.63, 3.8) is 0 Å². The first kappa shape index (κ1) is 12.2. The molecule has 1 nitrogen and oxygen atoms in total. The summed E-state index contributed by atoms with van der Waals surface area (Å²) in [5.41, 5.74) is 0.446. The zero-order chi connectivity index (χ0) is 9.78. The maximum atomic E-state index is 5.58. The van der Waals surface area contributed by atoms with Gasteiger partial charge in [-0.05, 0) is 23.4 Å². The molecule has 0 aromatic heterocycles. The lowest BCUT2D eigenvalue weighted by Gasteiger charge is -2.24. The molecule has 0 aliphatic heterocycles. The minimum absolute atomic E-state index is 0.446. The maximum absolute atomic E-state index is 5.58. The van der Waals surface area contributed by atoms with Crippen molar-refractivity contribution < 1.29 is 4.43 Å². The molecule has 0 amide bonds. The largest absolute Gasteiger partial charge is 0.423 e. The van der Waals surface area contributed by atoms with E-state index in [-0.39, 0.29) is 0 Å². The second-order valence-corrected chi connectivity index (χ2v) is 7.85. The molecule has 0 saturated carbocycles. The molecule has 0 fully saturated rings. The van der Waals surface area contributed by atoms with E-state index in [1.165, 1.54) is 12.1 Å². The Morgan fingerprint density at radius 2 is 1.75 bits per heavy atom. The van der Waals surface area contributed by atoms with E-state index in [1.807, 2.05) is 7.11 Å². The fraction of sp³-hybridized carbons (Fsp3) is 1.00. The third kappa shape index (κ3) is 6.86. The molecule has 12 heavy (non-hydrogen) atoms. The molecular weight excluding hydrogens is 164 g/mol. The summed E-state index contributed by atoms with van der Waals surface area (Å²) in [6, 6.07) is 2.61. The van der Waals surface area contributed by atoms with Crippen molar-refractivity contribution in [2.75, 3.05) is 7.11 Å². The first-order chi connectivity index (χ1) is 5.35. The summed E-state index contributed by atoms with van der Waals surface area (Å²) in [7, 11) is 0.984. The van der Waals surface area contributed by atoms with Crippen molar-refractivity contribution >= 4 is 9.04 Å². The summed E-state index contributed by atoms with van der Waals surface area (Å²) in [5, 5.41) is 0. The summed E-state index contributed by atoms with van der Waals surface area (Å²) in [6.07, 6.45) is 0. The Morgan fingerprint density at radius 3 is 2.00 bits per heavy atom. The summed E-state index contributed by atoms with van der Waals surface area (Å²) in [4.78, 5) is 0. The van der Waals surface area contributed by atoms with E-state index in [9.17, 15) is 0 Å². The zero-order valence-electron chi connectivity index (χ0n) is 9.48. The van der Waals surface area contributed by atoms with Gasteiger partial charge < -0.3 is 4.43 Å². The highest BCUT2D eigenvalue weighted by atomic mass is 28.3. The molecule has 0 N–H and O–H groups in total. The van der Waals surface area contributed by atoms with E-state index in [0.29, 0.717) is 5.41 Å². The highest BCUT2D eigenvalue weighted by Gasteiger charge is 2.20. The Balaban J connectivity index is 3.83. The Morgan fingerprint density at radius 1 is 1.25 bits per heavy atom. The Hall–Kier alpha value is 0.177. The van der Waals surface area contributed by atoms with Crippen LogP contribution in [-0.2, 0) is 4.43 Å². The van der Waals surface area contributed by atoms with Crippen LogP contribution in [-0.4, -0.2) is 16.2 Å². The van der Waals surface area contributed by atoms with Gasteiger partial charge in [-0.3, -0.25) is 0 Å². The van der Waals surface area contributed by atoms with Crippen molar-refractivity contribution in [3.05, 3.63) is 0 Å². The average molecular weight is 188 g/mol. The zero-order valence-corrected chi connectivity index (χ0v) is 10.6. The second kappa shape index (κ2) is 5.03. The van der Waals surface area contributed by atoms with E-state index < -0.39 is 9.04 Å². The van der Waals surface area contributed by atoms with Crippen molar-refractivity contribution in [3.8, 4) is 0 Å². The van der Waals surface area contributed by atoms with Crippen LogP contribution in [0.5, 0.6) is 0 Å². The van der Waals surface area contributed by atoms with Crippen LogP contribution in [0.4, 0.5) is 0 Å². The SMILES string of the molecule is CO[SiH](CC(C)C)CC(C)(C)C. The third-order valence-electron chi connectivity index (χ3n) is 1.91. The standard InChI is InChI=1S/C10H24OSi/c1-9(2)7-12(11-6)8-10(3,4)5/h9,12H,7-8H2,1-6H3. The van der Waals surface area contributed by atoms with Crippen LogP contribution in [0.3, 0.4) is 0 Å². The van der Waals surface area contributed by atoms with Gasteiger partial charge in [0.15, 0.2) is 9.04 Å². The summed E-state index contributed by atoms with van der Waals surface area (Å²) < 4.78 is 5.58. The van der Waals surface area contributed by atoms with Crippen LogP contribution in [0.25, 0.3) is 0 Å². The molecule has 0 aliphatic rings. The lowest BCUT2D eigenvalue weighted by atomic mass is 10.0. The fourth-order valence-corrected chi connectivity index (χ4v) is 4.42. The van der Waals surface area contributed by atoms with Gasteiger partial charge in [0, 0.05) is 7.11 Å². The second-order valence-electron chi connectivity index (χ2n) is 5.25. The van der Waals surface area contributed by atoms with Gasteiger partial charge >= 0.3 is 0 Å². The third-order valence-corrected chi connectivity index (χ3v) is 5.72. The van der Waals surface area contributed by atoms with Gasteiger partial charge in [-0.15, -0.1) is 0 Å². The van der Waals surface area contributed by atoms with Crippen molar-refractivity contribution in [1.29, 1.82) is 0 Å². The van der Waals surface area contributed by atoms with Crippen molar-refractivity contribution in [2.45, 2.75) is 46.7 Å². The minimum Gasteiger partial charge on any atom is -0.423 e. The van der Waals surface area contributed by atoms with Gasteiger partial charge in [-0.25, -0.2) is 0 Å². The predicted molar refractivity (Wildman–Crippen MR) is 58.1 cm³/mol. The highest BCUT2D eigenvalue weighted by molar-refractivity contribution is 6.52. The summed E-state index contributed by atoms with van der Waals surface area (Å²) >= 11 is 0. The molecule has 0 aromatic rings. The lowest BCUT2D eigenvalue weighted by Crippen LogP contribution is -2.24. The molecule has 0 radical (unpaired) electrons. The number of hydrogen-bond donors (Lipinski definition) is 0. The normalized spacial score (nSPS) is 15.2. The monoisotopic (exact) mass is 188 g/mol. The van der Waals surface area contributed by atoms with Crippen LogP contribution >= 0.6 is 0 Å². The predicted octanol–water partition coefficient (Wildman–Crippen LogP) is 3.06. The number of hydrogen-bond acceptors (Lipinski definition) is 1. The van der Waals surface area contributed by atoms with E-state index >= 15 is 0 Å². The van der Waals surface area contributed by atoms with Gasteiger partial charge in [-0.2, -0.15) is 0 Å². The molecule has 2 heteroatoms. The molecular formula is C10H24OSi. The first-order valence-electron chi connectivity index (χ1n) is 4.88. The lowest BCUT2D eigenvalue weighted by molar-refractivity contribution is 0.373. The molecule has 0 aromatic carbocycles. The van der Waals surface area contributed by atoms with Crippen LogP contribution < -0.4 is 0 Å². The van der Waals surface area contributed by atoms with Crippen LogP contribution in [0.2, 0.25) is 12.1 Å². The average Bonchev–Trinajstić information content (AvgIpc) is 1.82. The molecule has 0 spiro atoms. The van der Waals surface area contributed by atoms with Gasteiger partial charge in [0.05, 0.1) is 0 Å². The molecule has 0 heterocycles. The van der Waals surface area contributed by atoms with Crippen molar-refractivity contribution in [2.24, 2.45) is 11.3 Å². The van der Waals surface area contributed by atoms with Crippen LogP contribution in [0.15, 0.2) is 0 Å². The first-order valence-corrected chi connectivity index (χ1v) is 6.98. The van der Waals surface area contributed by atoms with Crippen LogP contribution in [0, 0.1) is 11.3 Å². The van der Waals surface area contributed by atoms with E-state index in [0.717, 1.165) is 5.92 Å². The molecule has 0 bridgehead atoms. The molecule has 0 rings (SSSR count). The highest BCUT2D eigenvalue weighted by Crippen LogP contribution is 2.24. The Kier molecular flexibility index (Phi) is 5.10. The molecule has 74 valence electrons. The summed E-state index contributed by atoms with van der Waals surface area (Å²) in [5.74, 6) is 0.795. The maximum Gasteiger partial charge on any atom is 0.177 e.